The van der Waals surface area contributed by atoms with Crippen LogP contribution in [0.3, 0.4) is 0 Å². The smallest absolute Gasteiger partial charge is 0.0623 e. The second kappa shape index (κ2) is 4.89. The van der Waals surface area contributed by atoms with Crippen LogP contribution in [0.15, 0.2) is 36.7 Å². The molecule has 0 amide bonds. The molecule has 3 heterocycles. The predicted octanol–water partition coefficient (Wildman–Crippen LogP) is 2.25. The van der Waals surface area contributed by atoms with Gasteiger partial charge in [0, 0.05) is 46.8 Å². The number of ether oxygens (including phenoxy) is 1. The Morgan fingerprint density at radius 3 is 3.05 bits per heavy atom. The van der Waals surface area contributed by atoms with E-state index in [4.69, 9.17) is 4.74 Å². The lowest BCUT2D eigenvalue weighted by molar-refractivity contribution is 0.0770. The molecule has 0 radical (unpaired) electrons. The number of hydrogen-bond donors (Lipinski definition) is 2. The van der Waals surface area contributed by atoms with Gasteiger partial charge in [0.25, 0.3) is 0 Å². The fourth-order valence-electron chi connectivity index (χ4n) is 2.95. The molecule has 1 atom stereocenters. The Labute approximate surface area is 117 Å². The maximum absolute atomic E-state index is 5.52. The summed E-state index contributed by atoms with van der Waals surface area (Å²) in [5, 5.41) is 5.95. The van der Waals surface area contributed by atoms with Gasteiger partial charge in [0.05, 0.1) is 13.2 Å². The highest BCUT2D eigenvalue weighted by molar-refractivity contribution is 6.06. The first-order chi connectivity index (χ1) is 9.90. The van der Waals surface area contributed by atoms with Gasteiger partial charge < -0.3 is 15.0 Å². The quantitative estimate of drug-likeness (QED) is 0.748. The molecule has 4 nitrogen and oxygen atoms in total. The zero-order valence-electron chi connectivity index (χ0n) is 11.2. The molecule has 0 aliphatic carbocycles. The van der Waals surface area contributed by atoms with Crippen molar-refractivity contribution in [2.75, 3.05) is 19.8 Å². The highest BCUT2D eigenvalue weighted by atomic mass is 16.5. The summed E-state index contributed by atoms with van der Waals surface area (Å²) in [6.07, 6.45) is 4.75. The summed E-state index contributed by atoms with van der Waals surface area (Å²) in [4.78, 5) is 7.66. The molecule has 0 saturated carbocycles. The maximum Gasteiger partial charge on any atom is 0.0623 e. The van der Waals surface area contributed by atoms with Crippen molar-refractivity contribution in [3.05, 3.63) is 42.2 Å². The van der Waals surface area contributed by atoms with Crippen LogP contribution in [0.4, 0.5) is 0 Å². The fourth-order valence-corrected chi connectivity index (χ4v) is 2.95. The molecule has 1 aromatic carbocycles. The first-order valence-electron chi connectivity index (χ1n) is 7.05. The first kappa shape index (κ1) is 11.9. The van der Waals surface area contributed by atoms with Gasteiger partial charge in [-0.3, -0.25) is 4.98 Å². The summed E-state index contributed by atoms with van der Waals surface area (Å²) in [7, 11) is 0. The van der Waals surface area contributed by atoms with Crippen LogP contribution in [0.5, 0.6) is 0 Å². The monoisotopic (exact) mass is 267 g/mol. The van der Waals surface area contributed by atoms with E-state index in [0.717, 1.165) is 31.7 Å². The van der Waals surface area contributed by atoms with E-state index < -0.39 is 0 Å². The van der Waals surface area contributed by atoms with E-state index in [2.05, 4.69) is 33.5 Å². The van der Waals surface area contributed by atoms with Crippen molar-refractivity contribution in [2.45, 2.75) is 12.5 Å². The molecule has 1 unspecified atom stereocenters. The topological polar surface area (TPSA) is 49.9 Å². The van der Waals surface area contributed by atoms with Crippen LogP contribution in [0.25, 0.3) is 21.8 Å². The SMILES string of the molecule is c1cc2[nH]c3ccc(CC4COCCN4)cc3c2cn1. The Kier molecular flexibility index (Phi) is 2.90. The fraction of sp³-hybridized carbons (Fsp3) is 0.312. The van der Waals surface area contributed by atoms with Crippen LogP contribution in [-0.4, -0.2) is 35.8 Å². The van der Waals surface area contributed by atoms with E-state index >= 15 is 0 Å². The van der Waals surface area contributed by atoms with Crippen molar-refractivity contribution in [3.8, 4) is 0 Å². The average Bonchev–Trinajstić information content (AvgIpc) is 2.86. The Hall–Kier alpha value is -1.91. The third kappa shape index (κ3) is 2.07. The van der Waals surface area contributed by atoms with E-state index in [9.17, 15) is 0 Å². The second-order valence-electron chi connectivity index (χ2n) is 5.36. The number of fused-ring (bicyclic) bond motifs is 3. The number of benzene rings is 1. The zero-order valence-corrected chi connectivity index (χ0v) is 11.2. The number of hydrogen-bond acceptors (Lipinski definition) is 3. The van der Waals surface area contributed by atoms with Crippen molar-refractivity contribution in [2.24, 2.45) is 0 Å². The molecule has 20 heavy (non-hydrogen) atoms. The van der Waals surface area contributed by atoms with Crippen molar-refractivity contribution < 1.29 is 4.74 Å². The van der Waals surface area contributed by atoms with Crippen LogP contribution >= 0.6 is 0 Å². The number of aromatic amines is 1. The summed E-state index contributed by atoms with van der Waals surface area (Å²) in [6, 6.07) is 9.07. The molecule has 3 aromatic rings. The minimum atomic E-state index is 0.421. The largest absolute Gasteiger partial charge is 0.379 e. The van der Waals surface area contributed by atoms with Crippen molar-refractivity contribution in [1.82, 2.24) is 15.3 Å². The second-order valence-corrected chi connectivity index (χ2v) is 5.36. The summed E-state index contributed by atoms with van der Waals surface area (Å²) < 4.78 is 5.52. The van der Waals surface area contributed by atoms with Crippen molar-refractivity contribution >= 4 is 21.8 Å². The number of rotatable bonds is 2. The van der Waals surface area contributed by atoms with Crippen LogP contribution in [0, 0.1) is 0 Å². The van der Waals surface area contributed by atoms with Crippen LogP contribution in [0.1, 0.15) is 5.56 Å². The molecular formula is C16H17N3O. The normalized spacial score (nSPS) is 19.7. The van der Waals surface area contributed by atoms with E-state index in [-0.39, 0.29) is 0 Å². The van der Waals surface area contributed by atoms with Gasteiger partial charge in [-0.1, -0.05) is 6.07 Å². The van der Waals surface area contributed by atoms with Gasteiger partial charge in [-0.2, -0.15) is 0 Å². The lowest BCUT2D eigenvalue weighted by Gasteiger charge is -2.23. The third-order valence-electron chi connectivity index (χ3n) is 3.95. The van der Waals surface area contributed by atoms with Crippen molar-refractivity contribution in [3.63, 3.8) is 0 Å². The molecule has 1 saturated heterocycles. The minimum absolute atomic E-state index is 0.421. The molecule has 2 N–H and O–H groups in total. The Bertz CT molecular complexity index is 744. The third-order valence-corrected chi connectivity index (χ3v) is 3.95. The van der Waals surface area contributed by atoms with E-state index in [1.807, 2.05) is 18.5 Å². The number of morpholine rings is 1. The van der Waals surface area contributed by atoms with Gasteiger partial charge in [0.2, 0.25) is 0 Å². The van der Waals surface area contributed by atoms with Gasteiger partial charge in [-0.25, -0.2) is 0 Å². The maximum atomic E-state index is 5.52. The average molecular weight is 267 g/mol. The molecular weight excluding hydrogens is 250 g/mol. The summed E-state index contributed by atoms with van der Waals surface area (Å²) in [6.45, 7) is 2.57. The summed E-state index contributed by atoms with van der Waals surface area (Å²) >= 11 is 0. The molecule has 1 fully saturated rings. The Balaban J connectivity index is 1.71. The van der Waals surface area contributed by atoms with Crippen LogP contribution < -0.4 is 5.32 Å². The lowest BCUT2D eigenvalue weighted by Crippen LogP contribution is -2.42. The summed E-state index contributed by atoms with van der Waals surface area (Å²) in [5.41, 5.74) is 3.65. The molecule has 102 valence electrons. The van der Waals surface area contributed by atoms with Gasteiger partial charge in [0.1, 0.15) is 0 Å². The molecule has 1 aliphatic heterocycles. The Morgan fingerprint density at radius 2 is 2.15 bits per heavy atom. The van der Waals surface area contributed by atoms with E-state index in [0.29, 0.717) is 6.04 Å². The summed E-state index contributed by atoms with van der Waals surface area (Å²) in [5.74, 6) is 0. The Morgan fingerprint density at radius 1 is 1.20 bits per heavy atom. The van der Waals surface area contributed by atoms with Gasteiger partial charge in [0.15, 0.2) is 0 Å². The van der Waals surface area contributed by atoms with E-state index in [1.54, 1.807) is 0 Å². The molecule has 2 aromatic heterocycles. The predicted molar refractivity (Wildman–Crippen MR) is 79.9 cm³/mol. The highest BCUT2D eigenvalue weighted by Gasteiger charge is 2.14. The van der Waals surface area contributed by atoms with Gasteiger partial charge in [-0.15, -0.1) is 0 Å². The standard InChI is InChI=1S/C16H17N3O/c1-2-15-13(14-9-17-4-3-16(14)19-15)8-11(1)7-12-10-20-6-5-18-12/h1-4,8-9,12,18-19H,5-7,10H2. The molecule has 0 bridgehead atoms. The molecule has 4 rings (SSSR count). The van der Waals surface area contributed by atoms with Gasteiger partial charge in [-0.05, 0) is 30.2 Å². The zero-order chi connectivity index (χ0) is 13.4. The minimum Gasteiger partial charge on any atom is -0.379 e. The number of H-pyrrole nitrogens is 1. The van der Waals surface area contributed by atoms with Crippen LogP contribution in [0.2, 0.25) is 0 Å². The number of nitrogens with zero attached hydrogens (tertiary/aromatic N) is 1. The number of nitrogens with one attached hydrogen (secondary N) is 2. The number of pyridine rings is 1. The van der Waals surface area contributed by atoms with Gasteiger partial charge >= 0.3 is 0 Å². The lowest BCUT2D eigenvalue weighted by atomic mass is 10.0. The molecule has 4 heteroatoms. The first-order valence-corrected chi connectivity index (χ1v) is 7.05. The number of aromatic nitrogens is 2. The van der Waals surface area contributed by atoms with E-state index in [1.165, 1.54) is 21.9 Å². The van der Waals surface area contributed by atoms with Crippen LogP contribution in [-0.2, 0) is 11.2 Å². The van der Waals surface area contributed by atoms with Crippen molar-refractivity contribution in [1.29, 1.82) is 0 Å². The molecule has 1 aliphatic rings. The highest BCUT2D eigenvalue weighted by Crippen LogP contribution is 2.25. The molecule has 0 spiro atoms.